The molecular formula is C21H39N5O4. The molecule has 30 heavy (non-hydrogen) atoms. The number of nitriles is 1. The maximum atomic E-state index is 10.2. The van der Waals surface area contributed by atoms with Crippen LogP contribution in [0.5, 0.6) is 0 Å². The summed E-state index contributed by atoms with van der Waals surface area (Å²) in [6.45, 7) is 8.11. The van der Waals surface area contributed by atoms with Crippen molar-refractivity contribution in [1.82, 2.24) is 10.6 Å². The lowest BCUT2D eigenvalue weighted by Crippen LogP contribution is -2.41. The van der Waals surface area contributed by atoms with Crippen LogP contribution >= 0.6 is 0 Å². The van der Waals surface area contributed by atoms with E-state index in [0.29, 0.717) is 24.5 Å². The minimum atomic E-state index is -1.12. The second-order valence-electron chi connectivity index (χ2n) is 8.27. The van der Waals surface area contributed by atoms with Gasteiger partial charge < -0.3 is 35.7 Å². The quantitative estimate of drug-likeness (QED) is 0.180. The second-order valence-corrected chi connectivity index (χ2v) is 8.27. The van der Waals surface area contributed by atoms with Crippen molar-refractivity contribution in [3.63, 3.8) is 0 Å². The SMILES string of the molecule is CN/C(=C\C(O)OC(C)CC(C)OC1CCCC(CNC(=N)CN)O1)C(C)(C)C#N. The fraction of sp³-hybridized carbons (Fsp3) is 0.810. The van der Waals surface area contributed by atoms with Crippen molar-refractivity contribution < 1.29 is 19.3 Å². The zero-order valence-corrected chi connectivity index (χ0v) is 18.9. The Labute approximate surface area is 180 Å². The van der Waals surface area contributed by atoms with Gasteiger partial charge in [-0.3, -0.25) is 5.41 Å². The molecule has 0 amide bonds. The summed E-state index contributed by atoms with van der Waals surface area (Å²) in [5, 5.41) is 33.0. The predicted molar refractivity (Wildman–Crippen MR) is 116 cm³/mol. The Morgan fingerprint density at radius 2 is 2.10 bits per heavy atom. The van der Waals surface area contributed by atoms with E-state index in [1.165, 1.54) is 6.08 Å². The molecule has 1 aliphatic heterocycles. The number of ether oxygens (including phenoxy) is 3. The van der Waals surface area contributed by atoms with Gasteiger partial charge in [0.15, 0.2) is 12.6 Å². The van der Waals surface area contributed by atoms with Gasteiger partial charge in [-0.2, -0.15) is 5.26 Å². The average molecular weight is 426 g/mol. The summed E-state index contributed by atoms with van der Waals surface area (Å²) in [6, 6.07) is 2.20. The number of hydrogen-bond acceptors (Lipinski definition) is 8. The van der Waals surface area contributed by atoms with Crippen LogP contribution in [-0.4, -0.2) is 62.0 Å². The first-order valence-electron chi connectivity index (χ1n) is 10.6. The van der Waals surface area contributed by atoms with Gasteiger partial charge in [-0.05, 0) is 59.5 Å². The molecule has 1 heterocycles. The van der Waals surface area contributed by atoms with Gasteiger partial charge in [0, 0.05) is 19.3 Å². The molecule has 0 spiro atoms. The first kappa shape index (κ1) is 26.3. The van der Waals surface area contributed by atoms with Gasteiger partial charge >= 0.3 is 0 Å². The Morgan fingerprint density at radius 3 is 2.70 bits per heavy atom. The summed E-state index contributed by atoms with van der Waals surface area (Å²) in [5.41, 5.74) is 5.28. The number of rotatable bonds is 12. The number of nitrogens with two attached hydrogens (primary N) is 1. The van der Waals surface area contributed by atoms with Gasteiger partial charge in [0.25, 0.3) is 0 Å². The summed E-state index contributed by atoms with van der Waals surface area (Å²) in [4.78, 5) is 0. The van der Waals surface area contributed by atoms with Crippen LogP contribution in [0.2, 0.25) is 0 Å². The number of allylic oxidation sites excluding steroid dienone is 1. The minimum absolute atomic E-state index is 0.00747. The molecule has 0 aliphatic carbocycles. The van der Waals surface area contributed by atoms with Crippen molar-refractivity contribution in [2.45, 2.75) is 84.3 Å². The summed E-state index contributed by atoms with van der Waals surface area (Å²) in [6.07, 6.45) is 3.06. The molecule has 172 valence electrons. The topological polar surface area (TPSA) is 146 Å². The fourth-order valence-corrected chi connectivity index (χ4v) is 3.34. The van der Waals surface area contributed by atoms with Gasteiger partial charge in [-0.15, -0.1) is 0 Å². The van der Waals surface area contributed by atoms with E-state index in [1.54, 1.807) is 20.9 Å². The Hall–Kier alpha value is -1.70. The standard InChI is InChI=1S/C21H39N5O4/c1-14(28-19(27)10-17(25-5)21(3,4)13-23)9-15(2)29-20-8-6-7-16(30-20)12-26-18(24)11-22/h10,14-16,19-20,25,27H,6-9,11-12,22H2,1-5H3,(H2,24,26)/b17-10-. The van der Waals surface area contributed by atoms with Crippen LogP contribution in [0, 0.1) is 22.2 Å². The monoisotopic (exact) mass is 425 g/mol. The van der Waals surface area contributed by atoms with Gasteiger partial charge in [0.1, 0.15) is 5.84 Å². The first-order valence-corrected chi connectivity index (χ1v) is 10.6. The molecule has 5 atom stereocenters. The van der Waals surface area contributed by atoms with Crippen LogP contribution in [0.1, 0.15) is 53.4 Å². The molecular weight excluding hydrogens is 386 g/mol. The van der Waals surface area contributed by atoms with Crippen molar-refractivity contribution in [2.75, 3.05) is 20.1 Å². The molecule has 1 fully saturated rings. The van der Waals surface area contributed by atoms with Crippen LogP contribution in [0.15, 0.2) is 11.8 Å². The van der Waals surface area contributed by atoms with Crippen LogP contribution in [0.3, 0.4) is 0 Å². The molecule has 0 bridgehead atoms. The highest BCUT2D eigenvalue weighted by Gasteiger charge is 2.26. The number of aliphatic hydroxyl groups excluding tert-OH is 1. The van der Waals surface area contributed by atoms with Gasteiger partial charge in [-0.1, -0.05) is 0 Å². The number of nitrogens with one attached hydrogen (secondary N) is 3. The van der Waals surface area contributed by atoms with Gasteiger partial charge in [-0.25, -0.2) is 0 Å². The van der Waals surface area contributed by atoms with Crippen molar-refractivity contribution >= 4 is 5.84 Å². The smallest absolute Gasteiger partial charge is 0.176 e. The van der Waals surface area contributed by atoms with E-state index in [1.807, 2.05) is 13.8 Å². The zero-order valence-electron chi connectivity index (χ0n) is 18.9. The van der Waals surface area contributed by atoms with E-state index >= 15 is 0 Å². The highest BCUT2D eigenvalue weighted by molar-refractivity contribution is 5.80. The molecule has 0 saturated carbocycles. The van der Waals surface area contributed by atoms with Crippen LogP contribution in [0.4, 0.5) is 0 Å². The maximum absolute atomic E-state index is 10.2. The largest absolute Gasteiger partial charge is 0.390 e. The van der Waals surface area contributed by atoms with Crippen molar-refractivity contribution in [3.8, 4) is 6.07 Å². The fourth-order valence-electron chi connectivity index (χ4n) is 3.34. The summed E-state index contributed by atoms with van der Waals surface area (Å²) in [7, 11) is 1.71. The van der Waals surface area contributed by atoms with Crippen molar-refractivity contribution in [2.24, 2.45) is 11.1 Å². The van der Waals surface area contributed by atoms with E-state index in [4.69, 9.17) is 25.4 Å². The molecule has 1 aliphatic rings. The second kappa shape index (κ2) is 12.9. The molecule has 6 N–H and O–H groups in total. The zero-order chi connectivity index (χ0) is 22.7. The van der Waals surface area contributed by atoms with Crippen LogP contribution in [-0.2, 0) is 14.2 Å². The third kappa shape index (κ3) is 9.41. The average Bonchev–Trinajstić information content (AvgIpc) is 2.69. The number of aliphatic hydroxyl groups is 1. The van der Waals surface area contributed by atoms with E-state index < -0.39 is 11.7 Å². The third-order valence-corrected chi connectivity index (χ3v) is 5.01. The predicted octanol–water partition coefficient (Wildman–Crippen LogP) is 1.58. The number of nitrogens with zero attached hydrogens (tertiary/aromatic N) is 1. The highest BCUT2D eigenvalue weighted by atomic mass is 16.7. The number of hydrogen-bond donors (Lipinski definition) is 5. The molecule has 5 unspecified atom stereocenters. The summed E-state index contributed by atoms with van der Waals surface area (Å²) < 4.78 is 17.6. The molecule has 9 heteroatoms. The number of amidine groups is 1. The molecule has 0 aromatic carbocycles. The molecule has 0 aromatic rings. The molecule has 9 nitrogen and oxygen atoms in total. The summed E-state index contributed by atoms with van der Waals surface area (Å²) >= 11 is 0. The van der Waals surface area contributed by atoms with E-state index in [0.717, 1.165) is 19.3 Å². The third-order valence-electron chi connectivity index (χ3n) is 5.01. The highest BCUT2D eigenvalue weighted by Crippen LogP contribution is 2.24. The van der Waals surface area contributed by atoms with Crippen molar-refractivity contribution in [3.05, 3.63) is 11.8 Å². The molecule has 1 saturated heterocycles. The lowest BCUT2D eigenvalue weighted by molar-refractivity contribution is -0.216. The van der Waals surface area contributed by atoms with E-state index in [-0.39, 0.29) is 31.1 Å². The molecule has 0 aromatic heterocycles. The Morgan fingerprint density at radius 1 is 1.40 bits per heavy atom. The minimum Gasteiger partial charge on any atom is -0.390 e. The van der Waals surface area contributed by atoms with E-state index in [2.05, 4.69) is 16.7 Å². The van der Waals surface area contributed by atoms with Gasteiger partial charge in [0.05, 0.1) is 36.3 Å². The van der Waals surface area contributed by atoms with Crippen LogP contribution in [0.25, 0.3) is 0 Å². The van der Waals surface area contributed by atoms with Crippen molar-refractivity contribution in [1.29, 1.82) is 10.7 Å². The first-order chi connectivity index (χ1) is 14.1. The molecule has 0 radical (unpaired) electrons. The molecule has 1 rings (SSSR count). The van der Waals surface area contributed by atoms with E-state index in [9.17, 15) is 10.4 Å². The summed E-state index contributed by atoms with van der Waals surface area (Å²) in [5.74, 6) is 0.299. The lowest BCUT2D eigenvalue weighted by atomic mass is 9.91. The maximum Gasteiger partial charge on any atom is 0.176 e. The van der Waals surface area contributed by atoms with Gasteiger partial charge in [0.2, 0.25) is 0 Å². The Bertz CT molecular complexity index is 605. The normalized spacial score (nSPS) is 23.2. The van der Waals surface area contributed by atoms with Crippen LogP contribution < -0.4 is 16.4 Å². The Kier molecular flexibility index (Phi) is 11.3. The lowest BCUT2D eigenvalue weighted by Gasteiger charge is -2.32. The Balaban J connectivity index is 2.45.